The summed E-state index contributed by atoms with van der Waals surface area (Å²) in [6, 6.07) is -0.0340. The summed E-state index contributed by atoms with van der Waals surface area (Å²) in [6.07, 6.45) is 6.65. The van der Waals surface area contributed by atoms with Crippen molar-refractivity contribution in [2.75, 3.05) is 6.26 Å². The lowest BCUT2D eigenvalue weighted by Crippen LogP contribution is -2.38. The summed E-state index contributed by atoms with van der Waals surface area (Å²) in [5, 5.41) is 4.10. The molecule has 1 heterocycles. The van der Waals surface area contributed by atoms with Gasteiger partial charge in [-0.3, -0.25) is 16.0 Å². The SMILES string of the molecule is Cc1nn(C)cc1C(NN)C1CCCC(S(C)(=O)=O)C1. The number of hydrazine groups is 1. The molecule has 20 heavy (non-hydrogen) atoms. The highest BCUT2D eigenvalue weighted by atomic mass is 32.2. The molecule has 0 spiro atoms. The van der Waals surface area contributed by atoms with Gasteiger partial charge in [0.2, 0.25) is 0 Å². The lowest BCUT2D eigenvalue weighted by Gasteiger charge is -2.33. The zero-order chi connectivity index (χ0) is 14.9. The summed E-state index contributed by atoms with van der Waals surface area (Å²) in [6.45, 7) is 1.95. The van der Waals surface area contributed by atoms with E-state index in [1.807, 2.05) is 20.2 Å². The molecule has 7 heteroatoms. The van der Waals surface area contributed by atoms with Crippen LogP contribution in [0.3, 0.4) is 0 Å². The second-order valence-electron chi connectivity index (χ2n) is 5.87. The molecule has 3 unspecified atom stereocenters. The van der Waals surface area contributed by atoms with Gasteiger partial charge in [0.15, 0.2) is 0 Å². The minimum atomic E-state index is -2.98. The fourth-order valence-electron chi connectivity index (χ4n) is 3.28. The average Bonchev–Trinajstić information content (AvgIpc) is 2.69. The molecule has 1 aliphatic carbocycles. The molecular formula is C13H24N4O2S. The molecule has 0 saturated heterocycles. The van der Waals surface area contributed by atoms with Crippen molar-refractivity contribution >= 4 is 9.84 Å². The van der Waals surface area contributed by atoms with Crippen LogP contribution >= 0.6 is 0 Å². The van der Waals surface area contributed by atoms with Crippen LogP contribution in [0.4, 0.5) is 0 Å². The quantitative estimate of drug-likeness (QED) is 0.635. The molecule has 0 bridgehead atoms. The number of sulfone groups is 1. The van der Waals surface area contributed by atoms with E-state index in [2.05, 4.69) is 10.5 Å². The molecule has 0 radical (unpaired) electrons. The molecule has 3 atom stereocenters. The normalized spacial score (nSPS) is 25.6. The van der Waals surface area contributed by atoms with Crippen LogP contribution in [0.15, 0.2) is 6.20 Å². The van der Waals surface area contributed by atoms with Crippen molar-refractivity contribution in [3.63, 3.8) is 0 Å². The maximum atomic E-state index is 11.8. The first-order valence-electron chi connectivity index (χ1n) is 6.98. The van der Waals surface area contributed by atoms with Crippen molar-refractivity contribution in [3.05, 3.63) is 17.5 Å². The van der Waals surface area contributed by atoms with Gasteiger partial charge in [-0.1, -0.05) is 6.42 Å². The fourth-order valence-corrected chi connectivity index (χ4v) is 4.47. The molecule has 0 aromatic carbocycles. The van der Waals surface area contributed by atoms with Crippen molar-refractivity contribution in [2.24, 2.45) is 18.8 Å². The highest BCUT2D eigenvalue weighted by molar-refractivity contribution is 7.91. The first kappa shape index (κ1) is 15.5. The summed E-state index contributed by atoms with van der Waals surface area (Å²) in [7, 11) is -1.10. The lowest BCUT2D eigenvalue weighted by atomic mass is 9.81. The van der Waals surface area contributed by atoms with Gasteiger partial charge in [0.05, 0.1) is 17.0 Å². The Morgan fingerprint density at radius 3 is 2.70 bits per heavy atom. The number of aromatic nitrogens is 2. The summed E-state index contributed by atoms with van der Waals surface area (Å²) in [4.78, 5) is 0. The Balaban J connectivity index is 2.21. The van der Waals surface area contributed by atoms with E-state index in [4.69, 9.17) is 5.84 Å². The summed E-state index contributed by atoms with van der Waals surface area (Å²) in [5.41, 5.74) is 4.87. The van der Waals surface area contributed by atoms with Gasteiger partial charge in [-0.2, -0.15) is 5.10 Å². The Hall–Kier alpha value is -0.920. The van der Waals surface area contributed by atoms with Crippen LogP contribution in [0.25, 0.3) is 0 Å². The first-order valence-corrected chi connectivity index (χ1v) is 8.93. The minimum absolute atomic E-state index is 0.0340. The van der Waals surface area contributed by atoms with E-state index in [9.17, 15) is 8.42 Å². The molecular weight excluding hydrogens is 276 g/mol. The average molecular weight is 300 g/mol. The standard InChI is InChI=1S/C13H24N4O2S/c1-9-12(8-17(2)16-9)13(15-14)10-5-4-6-11(7-10)20(3,18)19/h8,10-11,13,15H,4-7,14H2,1-3H3. The lowest BCUT2D eigenvalue weighted by molar-refractivity contribution is 0.274. The fraction of sp³-hybridized carbons (Fsp3) is 0.769. The van der Waals surface area contributed by atoms with E-state index in [1.165, 1.54) is 6.26 Å². The molecule has 0 amide bonds. The third-order valence-corrected chi connectivity index (χ3v) is 5.95. The number of nitrogens with one attached hydrogen (secondary N) is 1. The van der Waals surface area contributed by atoms with Gasteiger partial charge in [-0.05, 0) is 32.1 Å². The number of hydrogen-bond donors (Lipinski definition) is 2. The zero-order valence-electron chi connectivity index (χ0n) is 12.3. The number of hydrogen-bond acceptors (Lipinski definition) is 5. The van der Waals surface area contributed by atoms with E-state index in [0.717, 1.165) is 30.5 Å². The van der Waals surface area contributed by atoms with Crippen LogP contribution < -0.4 is 11.3 Å². The maximum Gasteiger partial charge on any atom is 0.150 e. The first-order chi connectivity index (χ1) is 9.32. The van der Waals surface area contributed by atoms with E-state index in [-0.39, 0.29) is 17.2 Å². The molecule has 3 N–H and O–H groups in total. The predicted octanol–water partition coefficient (Wildman–Crippen LogP) is 0.836. The monoisotopic (exact) mass is 300 g/mol. The Bertz CT molecular complexity index is 567. The van der Waals surface area contributed by atoms with Crippen LogP contribution in [0.1, 0.15) is 43.0 Å². The van der Waals surface area contributed by atoms with E-state index in [0.29, 0.717) is 6.42 Å². The second kappa shape index (κ2) is 5.83. The van der Waals surface area contributed by atoms with Gasteiger partial charge in [-0.25, -0.2) is 8.42 Å². The molecule has 0 aliphatic heterocycles. The highest BCUT2D eigenvalue weighted by Gasteiger charge is 2.34. The zero-order valence-corrected chi connectivity index (χ0v) is 13.2. The van der Waals surface area contributed by atoms with Gasteiger partial charge < -0.3 is 0 Å². The maximum absolute atomic E-state index is 11.8. The van der Waals surface area contributed by atoms with Gasteiger partial charge in [0.25, 0.3) is 0 Å². The summed E-state index contributed by atoms with van der Waals surface area (Å²) < 4.78 is 25.3. The number of nitrogens with two attached hydrogens (primary N) is 1. The third kappa shape index (κ3) is 3.21. The molecule has 114 valence electrons. The molecule has 1 aromatic heterocycles. The van der Waals surface area contributed by atoms with Crippen LogP contribution in [0, 0.1) is 12.8 Å². The molecule has 1 aliphatic rings. The Labute approximate surface area is 120 Å². The minimum Gasteiger partial charge on any atom is -0.275 e. The van der Waals surface area contributed by atoms with Crippen molar-refractivity contribution in [1.82, 2.24) is 15.2 Å². The molecule has 1 aromatic rings. The smallest absolute Gasteiger partial charge is 0.150 e. The van der Waals surface area contributed by atoms with Crippen molar-refractivity contribution in [2.45, 2.75) is 43.9 Å². The van der Waals surface area contributed by atoms with Crippen molar-refractivity contribution in [1.29, 1.82) is 0 Å². The highest BCUT2D eigenvalue weighted by Crippen LogP contribution is 2.37. The molecule has 1 fully saturated rings. The van der Waals surface area contributed by atoms with Gasteiger partial charge in [0, 0.05) is 25.1 Å². The topological polar surface area (TPSA) is 90.0 Å². The van der Waals surface area contributed by atoms with Crippen LogP contribution in [0.2, 0.25) is 0 Å². The third-order valence-electron chi connectivity index (χ3n) is 4.31. The van der Waals surface area contributed by atoms with Crippen molar-refractivity contribution < 1.29 is 8.42 Å². The summed E-state index contributed by atoms with van der Waals surface area (Å²) in [5.74, 6) is 5.96. The Morgan fingerprint density at radius 1 is 1.50 bits per heavy atom. The van der Waals surface area contributed by atoms with Crippen molar-refractivity contribution in [3.8, 4) is 0 Å². The van der Waals surface area contributed by atoms with E-state index < -0.39 is 9.84 Å². The summed E-state index contributed by atoms with van der Waals surface area (Å²) >= 11 is 0. The second-order valence-corrected chi connectivity index (χ2v) is 8.19. The van der Waals surface area contributed by atoms with Crippen LogP contribution in [-0.4, -0.2) is 29.7 Å². The van der Waals surface area contributed by atoms with Gasteiger partial charge in [0.1, 0.15) is 9.84 Å². The number of nitrogens with zero attached hydrogens (tertiary/aromatic N) is 2. The Morgan fingerprint density at radius 2 is 2.20 bits per heavy atom. The van der Waals surface area contributed by atoms with Gasteiger partial charge in [-0.15, -0.1) is 0 Å². The number of rotatable bonds is 4. The van der Waals surface area contributed by atoms with Crippen LogP contribution in [-0.2, 0) is 16.9 Å². The van der Waals surface area contributed by atoms with E-state index >= 15 is 0 Å². The molecule has 2 rings (SSSR count). The number of aryl methyl sites for hydroxylation is 2. The van der Waals surface area contributed by atoms with Crippen LogP contribution in [0.5, 0.6) is 0 Å². The van der Waals surface area contributed by atoms with E-state index in [1.54, 1.807) is 4.68 Å². The predicted molar refractivity (Wildman–Crippen MR) is 78.6 cm³/mol. The molecule has 1 saturated carbocycles. The Kier molecular flexibility index (Phi) is 4.51. The largest absolute Gasteiger partial charge is 0.275 e. The van der Waals surface area contributed by atoms with Gasteiger partial charge >= 0.3 is 0 Å². The molecule has 6 nitrogen and oxygen atoms in total.